The van der Waals surface area contributed by atoms with E-state index in [4.69, 9.17) is 0 Å². The van der Waals surface area contributed by atoms with Crippen LogP contribution in [-0.4, -0.2) is 5.66 Å². The van der Waals surface area contributed by atoms with Gasteiger partial charge in [0.25, 0.3) is 0 Å². The molecule has 0 aliphatic heterocycles. The Balaban J connectivity index is 2.03. The second-order valence-corrected chi connectivity index (χ2v) is 7.80. The van der Waals surface area contributed by atoms with Crippen molar-refractivity contribution in [3.05, 3.63) is 85.0 Å². The Labute approximate surface area is 129 Å². The van der Waals surface area contributed by atoms with Crippen molar-refractivity contribution < 1.29 is 0 Å². The lowest BCUT2D eigenvalue weighted by Gasteiger charge is -2.31. The molecule has 2 aromatic carbocycles. The first-order valence-electron chi connectivity index (χ1n) is 7.64. The quantitative estimate of drug-likeness (QED) is 0.704. The third-order valence-electron chi connectivity index (χ3n) is 4.04. The first-order valence-corrected chi connectivity index (χ1v) is 9.05. The van der Waals surface area contributed by atoms with Crippen LogP contribution in [0.5, 0.6) is 0 Å². The fraction of sp³-hybridized carbons (Fsp3) is 0.200. The summed E-state index contributed by atoms with van der Waals surface area (Å²) < 4.78 is 0. The zero-order valence-electron chi connectivity index (χ0n) is 12.4. The van der Waals surface area contributed by atoms with Crippen molar-refractivity contribution >= 4 is 18.5 Å². The standard InChI is InChI=1S/C20H21P/c1-2-20(17-11-9-10-12-17)21(18-13-5-3-6-14-18)19-15-7-4-8-16-19/h3-17,20H,2H2,1H3. The summed E-state index contributed by atoms with van der Waals surface area (Å²) in [4.78, 5) is 0. The molecule has 0 saturated heterocycles. The third kappa shape index (κ3) is 3.17. The third-order valence-corrected chi connectivity index (χ3v) is 7.12. The SMILES string of the molecule is CCC(C1C=CC=C1)P(c1ccccc1)c1ccccc1. The highest BCUT2D eigenvalue weighted by molar-refractivity contribution is 7.73. The Morgan fingerprint density at radius 1 is 0.810 bits per heavy atom. The monoisotopic (exact) mass is 292 g/mol. The van der Waals surface area contributed by atoms with Crippen LogP contribution in [0.25, 0.3) is 0 Å². The molecule has 0 heterocycles. The van der Waals surface area contributed by atoms with Crippen molar-refractivity contribution in [1.82, 2.24) is 0 Å². The molecule has 0 amide bonds. The first kappa shape index (κ1) is 14.3. The van der Waals surface area contributed by atoms with Crippen molar-refractivity contribution in [2.75, 3.05) is 0 Å². The van der Waals surface area contributed by atoms with E-state index >= 15 is 0 Å². The Morgan fingerprint density at radius 3 is 1.71 bits per heavy atom. The fourth-order valence-corrected chi connectivity index (χ4v) is 6.00. The number of benzene rings is 2. The van der Waals surface area contributed by atoms with E-state index in [2.05, 4.69) is 91.9 Å². The smallest absolute Gasteiger partial charge is 0.00263 e. The average molecular weight is 292 g/mol. The summed E-state index contributed by atoms with van der Waals surface area (Å²) in [5, 5.41) is 2.97. The van der Waals surface area contributed by atoms with Crippen molar-refractivity contribution in [3.63, 3.8) is 0 Å². The summed E-state index contributed by atoms with van der Waals surface area (Å²) in [6.45, 7) is 2.33. The van der Waals surface area contributed by atoms with Gasteiger partial charge in [-0.1, -0.05) is 91.9 Å². The van der Waals surface area contributed by atoms with Gasteiger partial charge in [-0.15, -0.1) is 0 Å². The highest BCUT2D eigenvalue weighted by Gasteiger charge is 2.28. The van der Waals surface area contributed by atoms with Crippen LogP contribution in [0.2, 0.25) is 0 Å². The largest absolute Gasteiger partial charge is 0.0770 e. The summed E-state index contributed by atoms with van der Waals surface area (Å²) in [6.07, 6.45) is 10.3. The maximum absolute atomic E-state index is 2.36. The van der Waals surface area contributed by atoms with Gasteiger partial charge in [-0.25, -0.2) is 0 Å². The second-order valence-electron chi connectivity index (χ2n) is 5.36. The van der Waals surface area contributed by atoms with E-state index in [9.17, 15) is 0 Å². The van der Waals surface area contributed by atoms with Crippen LogP contribution in [0.1, 0.15) is 13.3 Å². The highest BCUT2D eigenvalue weighted by Crippen LogP contribution is 2.46. The molecular weight excluding hydrogens is 271 g/mol. The lowest BCUT2D eigenvalue weighted by atomic mass is 10.1. The van der Waals surface area contributed by atoms with Crippen LogP contribution in [0.15, 0.2) is 85.0 Å². The van der Waals surface area contributed by atoms with E-state index in [1.807, 2.05) is 0 Å². The number of allylic oxidation sites excluding steroid dienone is 4. The minimum atomic E-state index is -0.328. The van der Waals surface area contributed by atoms with Crippen molar-refractivity contribution in [2.24, 2.45) is 5.92 Å². The van der Waals surface area contributed by atoms with Crippen LogP contribution >= 0.6 is 7.92 Å². The minimum Gasteiger partial charge on any atom is -0.0770 e. The average Bonchev–Trinajstić information content (AvgIpc) is 3.08. The molecule has 3 rings (SSSR count). The summed E-state index contributed by atoms with van der Waals surface area (Å²) in [6, 6.07) is 22.1. The Kier molecular flexibility index (Phi) is 4.68. The van der Waals surface area contributed by atoms with Gasteiger partial charge in [0, 0.05) is 5.92 Å². The molecule has 106 valence electrons. The van der Waals surface area contributed by atoms with Crippen LogP contribution < -0.4 is 10.6 Å². The maximum atomic E-state index is 2.36. The van der Waals surface area contributed by atoms with Gasteiger partial charge in [-0.05, 0) is 30.6 Å². The second kappa shape index (κ2) is 6.87. The molecule has 1 heteroatoms. The van der Waals surface area contributed by atoms with E-state index in [-0.39, 0.29) is 7.92 Å². The summed E-state index contributed by atoms with van der Waals surface area (Å²) in [5.41, 5.74) is 0.666. The fourth-order valence-electron chi connectivity index (χ4n) is 3.04. The predicted octanol–water partition coefficient (Wildman–Crippen LogP) is 4.64. The molecule has 0 fully saturated rings. The Hall–Kier alpha value is -1.65. The molecule has 0 aromatic heterocycles. The van der Waals surface area contributed by atoms with Crippen molar-refractivity contribution in [1.29, 1.82) is 0 Å². The number of hydrogen-bond acceptors (Lipinski definition) is 0. The number of rotatable bonds is 5. The van der Waals surface area contributed by atoms with Gasteiger partial charge >= 0.3 is 0 Å². The lowest BCUT2D eigenvalue weighted by molar-refractivity contribution is 0.712. The highest BCUT2D eigenvalue weighted by atomic mass is 31.1. The molecule has 0 radical (unpaired) electrons. The molecule has 21 heavy (non-hydrogen) atoms. The van der Waals surface area contributed by atoms with Crippen LogP contribution in [0.4, 0.5) is 0 Å². The van der Waals surface area contributed by atoms with E-state index in [0.29, 0.717) is 11.6 Å². The molecule has 0 spiro atoms. The molecule has 1 aliphatic carbocycles. The Morgan fingerprint density at radius 2 is 1.29 bits per heavy atom. The van der Waals surface area contributed by atoms with Gasteiger partial charge in [0.2, 0.25) is 0 Å². The topological polar surface area (TPSA) is 0 Å². The zero-order valence-corrected chi connectivity index (χ0v) is 13.3. The van der Waals surface area contributed by atoms with Crippen LogP contribution in [-0.2, 0) is 0 Å². The van der Waals surface area contributed by atoms with Gasteiger partial charge in [0.05, 0.1) is 0 Å². The molecule has 1 unspecified atom stereocenters. The van der Waals surface area contributed by atoms with E-state index in [1.165, 1.54) is 17.0 Å². The summed E-state index contributed by atoms with van der Waals surface area (Å²) in [5.74, 6) is 0.571. The first-order chi connectivity index (χ1) is 10.4. The molecule has 0 N–H and O–H groups in total. The zero-order chi connectivity index (χ0) is 14.5. The molecule has 1 aliphatic rings. The normalized spacial score (nSPS) is 15.7. The van der Waals surface area contributed by atoms with Gasteiger partial charge in [-0.3, -0.25) is 0 Å². The number of hydrogen-bond donors (Lipinski definition) is 0. The molecule has 0 bridgehead atoms. The van der Waals surface area contributed by atoms with Gasteiger partial charge in [0.1, 0.15) is 0 Å². The van der Waals surface area contributed by atoms with Crippen LogP contribution in [0, 0.1) is 5.92 Å². The molecule has 2 aromatic rings. The van der Waals surface area contributed by atoms with E-state index < -0.39 is 0 Å². The van der Waals surface area contributed by atoms with E-state index in [0.717, 1.165) is 0 Å². The van der Waals surface area contributed by atoms with Crippen molar-refractivity contribution in [3.8, 4) is 0 Å². The van der Waals surface area contributed by atoms with Gasteiger partial charge < -0.3 is 0 Å². The Bertz CT molecular complexity index is 561. The molecule has 1 atom stereocenters. The van der Waals surface area contributed by atoms with Crippen LogP contribution in [0.3, 0.4) is 0 Å². The van der Waals surface area contributed by atoms with Crippen molar-refractivity contribution in [2.45, 2.75) is 19.0 Å². The summed E-state index contributed by atoms with van der Waals surface area (Å²) >= 11 is 0. The predicted molar refractivity (Wildman–Crippen MR) is 94.9 cm³/mol. The lowest BCUT2D eigenvalue weighted by Crippen LogP contribution is -2.25. The van der Waals surface area contributed by atoms with Gasteiger partial charge in [-0.2, -0.15) is 0 Å². The van der Waals surface area contributed by atoms with E-state index in [1.54, 1.807) is 0 Å². The summed E-state index contributed by atoms with van der Waals surface area (Å²) in [7, 11) is -0.328. The maximum Gasteiger partial charge on any atom is 0.00263 e. The minimum absolute atomic E-state index is 0.328. The molecule has 0 saturated carbocycles. The molecule has 0 nitrogen and oxygen atoms in total. The molecular formula is C20H21P. The van der Waals surface area contributed by atoms with Gasteiger partial charge in [0.15, 0.2) is 0 Å².